The summed E-state index contributed by atoms with van der Waals surface area (Å²) in [5, 5.41) is 0. The molecule has 0 aliphatic rings. The molecule has 3 N–H and O–H groups in total. The second-order valence-corrected chi connectivity index (χ2v) is 6.36. The van der Waals surface area contributed by atoms with E-state index in [4.69, 9.17) is 10.6 Å². The van der Waals surface area contributed by atoms with Crippen molar-refractivity contribution in [2.75, 3.05) is 6.61 Å². The van der Waals surface area contributed by atoms with Crippen LogP contribution in [0.5, 0.6) is 0 Å². The Morgan fingerprint density at radius 3 is 2.30 bits per heavy atom. The molecule has 0 spiro atoms. The number of ether oxygens (including phenoxy) is 1. The van der Waals surface area contributed by atoms with Gasteiger partial charge in [-0.2, -0.15) is 0 Å². The molecule has 3 nitrogen and oxygen atoms in total. The van der Waals surface area contributed by atoms with Crippen LogP contribution in [0.3, 0.4) is 0 Å². The Balaban J connectivity index is 3.30. The molecule has 2 atom stereocenters. The van der Waals surface area contributed by atoms with Gasteiger partial charge in [-0.3, -0.25) is 11.3 Å². The molecular weight excluding hydrogens is 255 g/mol. The van der Waals surface area contributed by atoms with Crippen molar-refractivity contribution in [2.24, 2.45) is 11.3 Å². The Morgan fingerprint density at radius 1 is 1.30 bits per heavy atom. The smallest absolute Gasteiger partial charge is 0.128 e. The molecule has 4 heteroatoms. The summed E-state index contributed by atoms with van der Waals surface area (Å²) in [6, 6.07) is 3.13. The zero-order chi connectivity index (χ0) is 15.5. The highest BCUT2D eigenvalue weighted by molar-refractivity contribution is 5.35. The molecule has 1 aromatic rings. The highest BCUT2D eigenvalue weighted by atomic mass is 19.1. The van der Waals surface area contributed by atoms with Gasteiger partial charge in [0.25, 0.3) is 0 Å². The first-order chi connectivity index (χ1) is 9.22. The quantitative estimate of drug-likeness (QED) is 0.643. The fourth-order valence-corrected chi connectivity index (χ4v) is 2.67. The fraction of sp³-hybridized carbons (Fsp3) is 0.625. The van der Waals surface area contributed by atoms with Crippen LogP contribution in [-0.4, -0.2) is 12.7 Å². The third-order valence-electron chi connectivity index (χ3n) is 3.47. The Kier molecular flexibility index (Phi) is 5.68. The molecule has 0 bridgehead atoms. The van der Waals surface area contributed by atoms with Crippen molar-refractivity contribution in [1.82, 2.24) is 5.43 Å². The van der Waals surface area contributed by atoms with Crippen molar-refractivity contribution in [1.29, 1.82) is 0 Å². The summed E-state index contributed by atoms with van der Waals surface area (Å²) in [4.78, 5) is 0. The molecule has 0 aliphatic carbocycles. The Hall–Kier alpha value is -0.970. The van der Waals surface area contributed by atoms with Crippen LogP contribution in [0.2, 0.25) is 0 Å². The lowest BCUT2D eigenvalue weighted by Gasteiger charge is -2.37. The average Bonchev–Trinajstić information content (AvgIpc) is 2.29. The number of hydrogen-bond acceptors (Lipinski definition) is 3. The van der Waals surface area contributed by atoms with Crippen LogP contribution in [0.15, 0.2) is 12.1 Å². The first-order valence-corrected chi connectivity index (χ1v) is 7.06. The molecule has 1 aromatic carbocycles. The minimum absolute atomic E-state index is 0.156. The zero-order valence-corrected chi connectivity index (χ0v) is 13.4. The summed E-state index contributed by atoms with van der Waals surface area (Å²) in [6.45, 7) is 12.5. The number of nitrogens with two attached hydrogens (primary N) is 1. The van der Waals surface area contributed by atoms with Gasteiger partial charge in [0.15, 0.2) is 0 Å². The van der Waals surface area contributed by atoms with Crippen molar-refractivity contribution in [2.45, 2.75) is 53.7 Å². The van der Waals surface area contributed by atoms with E-state index in [-0.39, 0.29) is 23.4 Å². The van der Waals surface area contributed by atoms with Crippen LogP contribution in [0.25, 0.3) is 0 Å². The number of benzene rings is 1. The van der Waals surface area contributed by atoms with Gasteiger partial charge in [-0.15, -0.1) is 0 Å². The summed E-state index contributed by atoms with van der Waals surface area (Å²) in [7, 11) is 0. The minimum atomic E-state index is -0.379. The molecule has 0 amide bonds. The number of aryl methyl sites for hydroxylation is 2. The normalized spacial score (nSPS) is 15.2. The number of rotatable bonds is 5. The number of hydrogen-bond donors (Lipinski definition) is 2. The Labute approximate surface area is 121 Å². The maximum absolute atomic E-state index is 14.4. The highest BCUT2D eigenvalue weighted by Crippen LogP contribution is 2.35. The SMILES string of the molecule is CCOC(C(NN)c1c(C)cc(C)cc1F)C(C)(C)C. The first kappa shape index (κ1) is 17.1. The second kappa shape index (κ2) is 6.66. The van der Waals surface area contributed by atoms with Gasteiger partial charge in [0.1, 0.15) is 5.82 Å². The lowest BCUT2D eigenvalue weighted by molar-refractivity contribution is -0.0374. The third-order valence-corrected chi connectivity index (χ3v) is 3.47. The molecule has 0 fully saturated rings. The fourth-order valence-electron chi connectivity index (χ4n) is 2.67. The van der Waals surface area contributed by atoms with E-state index in [0.717, 1.165) is 11.1 Å². The van der Waals surface area contributed by atoms with Gasteiger partial charge in [-0.05, 0) is 43.4 Å². The summed E-state index contributed by atoms with van der Waals surface area (Å²) in [5.74, 6) is 5.48. The van der Waals surface area contributed by atoms with E-state index < -0.39 is 0 Å². The molecule has 0 saturated heterocycles. The minimum Gasteiger partial charge on any atom is -0.376 e. The van der Waals surface area contributed by atoms with Gasteiger partial charge in [0.05, 0.1) is 12.1 Å². The predicted molar refractivity (Wildman–Crippen MR) is 80.8 cm³/mol. The van der Waals surface area contributed by atoms with E-state index in [1.807, 2.05) is 26.8 Å². The van der Waals surface area contributed by atoms with Gasteiger partial charge >= 0.3 is 0 Å². The molecule has 0 saturated carbocycles. The average molecular weight is 282 g/mol. The topological polar surface area (TPSA) is 47.3 Å². The van der Waals surface area contributed by atoms with Crippen molar-refractivity contribution in [3.05, 3.63) is 34.6 Å². The Morgan fingerprint density at radius 2 is 1.90 bits per heavy atom. The van der Waals surface area contributed by atoms with E-state index in [9.17, 15) is 4.39 Å². The molecule has 20 heavy (non-hydrogen) atoms. The first-order valence-electron chi connectivity index (χ1n) is 7.06. The summed E-state index contributed by atoms with van der Waals surface area (Å²) < 4.78 is 20.2. The highest BCUT2D eigenvalue weighted by Gasteiger charge is 2.35. The van der Waals surface area contributed by atoms with E-state index in [1.165, 1.54) is 0 Å². The molecule has 0 aromatic heterocycles. The molecule has 0 radical (unpaired) electrons. The van der Waals surface area contributed by atoms with Crippen LogP contribution in [0, 0.1) is 25.1 Å². The lowest BCUT2D eigenvalue weighted by Crippen LogP contribution is -2.45. The molecule has 1 rings (SSSR count). The van der Waals surface area contributed by atoms with Crippen LogP contribution >= 0.6 is 0 Å². The van der Waals surface area contributed by atoms with Crippen molar-refractivity contribution < 1.29 is 9.13 Å². The molecule has 2 unspecified atom stereocenters. The van der Waals surface area contributed by atoms with E-state index >= 15 is 0 Å². The summed E-state index contributed by atoms with van der Waals surface area (Å²) in [6.07, 6.45) is -0.214. The maximum atomic E-state index is 14.4. The predicted octanol–water partition coefficient (Wildman–Crippen LogP) is 3.40. The monoisotopic (exact) mass is 282 g/mol. The second-order valence-electron chi connectivity index (χ2n) is 6.36. The number of nitrogens with one attached hydrogen (secondary N) is 1. The van der Waals surface area contributed by atoms with Crippen LogP contribution in [0.4, 0.5) is 4.39 Å². The maximum Gasteiger partial charge on any atom is 0.128 e. The summed E-state index contributed by atoms with van der Waals surface area (Å²) in [5.41, 5.74) is 4.97. The van der Waals surface area contributed by atoms with Crippen molar-refractivity contribution >= 4 is 0 Å². The summed E-state index contributed by atoms with van der Waals surface area (Å²) >= 11 is 0. The van der Waals surface area contributed by atoms with Crippen molar-refractivity contribution in [3.63, 3.8) is 0 Å². The molecule has 0 heterocycles. The molecular formula is C16H27FN2O. The van der Waals surface area contributed by atoms with Gasteiger partial charge in [0, 0.05) is 12.2 Å². The molecule has 0 aliphatic heterocycles. The van der Waals surface area contributed by atoms with Crippen LogP contribution in [-0.2, 0) is 4.74 Å². The standard InChI is InChI=1S/C16H27FN2O/c1-7-20-15(16(4,5)6)14(19-18)13-11(3)8-10(2)9-12(13)17/h8-9,14-15,19H,7,18H2,1-6H3. The number of hydrazine groups is 1. The van der Waals surface area contributed by atoms with E-state index in [0.29, 0.717) is 12.2 Å². The zero-order valence-electron chi connectivity index (χ0n) is 13.4. The Bertz CT molecular complexity index is 431. The van der Waals surface area contributed by atoms with Crippen LogP contribution < -0.4 is 11.3 Å². The third kappa shape index (κ3) is 3.78. The van der Waals surface area contributed by atoms with Gasteiger partial charge in [-0.25, -0.2) is 4.39 Å². The van der Waals surface area contributed by atoms with E-state index in [1.54, 1.807) is 6.07 Å². The van der Waals surface area contributed by atoms with Crippen molar-refractivity contribution in [3.8, 4) is 0 Å². The largest absolute Gasteiger partial charge is 0.376 e. The van der Waals surface area contributed by atoms with Gasteiger partial charge in [0.2, 0.25) is 0 Å². The van der Waals surface area contributed by atoms with Gasteiger partial charge < -0.3 is 4.74 Å². The van der Waals surface area contributed by atoms with Crippen LogP contribution in [0.1, 0.15) is 50.4 Å². The lowest BCUT2D eigenvalue weighted by atomic mass is 9.81. The molecule has 114 valence electrons. The van der Waals surface area contributed by atoms with Gasteiger partial charge in [-0.1, -0.05) is 26.8 Å². The van der Waals surface area contributed by atoms with E-state index in [2.05, 4.69) is 26.2 Å². The number of halogens is 1.